The highest BCUT2D eigenvalue weighted by Crippen LogP contribution is 2.04. The normalized spacial score (nSPS) is 11.3. The lowest BCUT2D eigenvalue weighted by Crippen LogP contribution is -2.26. The number of sulfonamides is 1. The van der Waals surface area contributed by atoms with Gasteiger partial charge in [-0.25, -0.2) is 18.1 Å². The summed E-state index contributed by atoms with van der Waals surface area (Å²) in [7, 11) is -1.77. The summed E-state index contributed by atoms with van der Waals surface area (Å²) in [6, 6.07) is 0. The summed E-state index contributed by atoms with van der Waals surface area (Å²) in [5, 5.41) is 2.91. The third kappa shape index (κ3) is 3.80. The Morgan fingerprint density at radius 1 is 1.33 bits per heavy atom. The highest BCUT2D eigenvalue weighted by atomic mass is 32.2. The summed E-state index contributed by atoms with van der Waals surface area (Å²) in [6.45, 7) is 2.12. The summed E-state index contributed by atoms with van der Waals surface area (Å²) in [6.07, 6.45) is 3.15. The smallest absolute Gasteiger partial charge is 0.213 e. The molecule has 0 fully saturated rings. The molecule has 1 aromatic heterocycles. The Balaban J connectivity index is 2.49. The van der Waals surface area contributed by atoms with Crippen LogP contribution in [0.25, 0.3) is 0 Å². The molecule has 0 radical (unpaired) electrons. The number of hydrogen-bond acceptors (Lipinski definition) is 5. The molecule has 0 saturated carbocycles. The van der Waals surface area contributed by atoms with Gasteiger partial charge < -0.3 is 5.32 Å². The quantitative estimate of drug-likeness (QED) is 0.728. The molecule has 0 aliphatic rings. The molecule has 7 heteroatoms. The molecule has 0 saturated heterocycles. The molecule has 0 spiro atoms. The highest BCUT2D eigenvalue weighted by Gasteiger charge is 2.06. The van der Waals surface area contributed by atoms with E-state index in [0.29, 0.717) is 12.4 Å². The molecule has 0 amide bonds. The van der Waals surface area contributed by atoms with Crippen molar-refractivity contribution in [2.45, 2.75) is 6.92 Å². The van der Waals surface area contributed by atoms with Gasteiger partial charge in [0.1, 0.15) is 5.82 Å². The zero-order valence-electron chi connectivity index (χ0n) is 8.69. The summed E-state index contributed by atoms with van der Waals surface area (Å²) in [5.41, 5.74) is 0.749. The van der Waals surface area contributed by atoms with E-state index in [2.05, 4.69) is 20.0 Å². The van der Waals surface area contributed by atoms with Crippen molar-refractivity contribution in [1.82, 2.24) is 14.7 Å². The molecule has 1 aromatic rings. The largest absolute Gasteiger partial charge is 0.367 e. The second-order valence-corrected chi connectivity index (χ2v) is 4.99. The van der Waals surface area contributed by atoms with Crippen molar-refractivity contribution in [2.24, 2.45) is 0 Å². The van der Waals surface area contributed by atoms with Gasteiger partial charge in [0, 0.05) is 18.9 Å². The van der Waals surface area contributed by atoms with Crippen LogP contribution in [0.1, 0.15) is 5.69 Å². The maximum atomic E-state index is 11.1. The average Bonchev–Trinajstić information content (AvgIpc) is 2.21. The molecule has 0 unspecified atom stereocenters. The number of hydrogen-bond donors (Lipinski definition) is 2. The molecule has 1 heterocycles. The third-order valence-electron chi connectivity index (χ3n) is 1.86. The molecule has 2 N–H and O–H groups in total. The van der Waals surface area contributed by atoms with E-state index in [4.69, 9.17) is 0 Å². The third-order valence-corrected chi connectivity index (χ3v) is 3.22. The van der Waals surface area contributed by atoms with E-state index in [9.17, 15) is 8.42 Å². The molecule has 0 atom stereocenters. The van der Waals surface area contributed by atoms with Crippen molar-refractivity contribution < 1.29 is 8.42 Å². The fraction of sp³-hybridized carbons (Fsp3) is 0.500. The Morgan fingerprint density at radius 2 is 2.00 bits per heavy atom. The Kier molecular flexibility index (Phi) is 3.98. The standard InChI is InChI=1S/C8H14N4O2S/c1-7-8(11-4-3-10-7)12-5-6-15(13,14)9-2/h3-4,9H,5-6H2,1-2H3,(H,11,12). The minimum absolute atomic E-state index is 0.0134. The van der Waals surface area contributed by atoms with Crippen molar-refractivity contribution in [3.8, 4) is 0 Å². The number of aryl methyl sites for hydroxylation is 1. The van der Waals surface area contributed by atoms with Crippen LogP contribution < -0.4 is 10.0 Å². The Morgan fingerprint density at radius 3 is 2.60 bits per heavy atom. The zero-order valence-corrected chi connectivity index (χ0v) is 9.50. The first-order valence-electron chi connectivity index (χ1n) is 4.48. The second kappa shape index (κ2) is 5.04. The molecule has 0 aliphatic carbocycles. The van der Waals surface area contributed by atoms with E-state index in [-0.39, 0.29) is 5.75 Å². The summed E-state index contributed by atoms with van der Waals surface area (Å²) in [5.74, 6) is 0.628. The SMILES string of the molecule is CNS(=O)(=O)CCNc1nccnc1C. The van der Waals surface area contributed by atoms with Crippen LogP contribution in [0.3, 0.4) is 0 Å². The maximum absolute atomic E-state index is 11.1. The van der Waals surface area contributed by atoms with E-state index in [1.54, 1.807) is 12.4 Å². The molecular weight excluding hydrogens is 216 g/mol. The van der Waals surface area contributed by atoms with Crippen LogP contribution in [0.5, 0.6) is 0 Å². The summed E-state index contributed by atoms with van der Waals surface area (Å²) < 4.78 is 24.4. The van der Waals surface area contributed by atoms with Gasteiger partial charge in [-0.15, -0.1) is 0 Å². The van der Waals surface area contributed by atoms with E-state index >= 15 is 0 Å². The lowest BCUT2D eigenvalue weighted by molar-refractivity contribution is 0.588. The first-order valence-corrected chi connectivity index (χ1v) is 6.13. The zero-order chi connectivity index (χ0) is 11.3. The Bertz CT molecular complexity index is 418. The van der Waals surface area contributed by atoms with Gasteiger partial charge in [-0.3, -0.25) is 4.98 Å². The van der Waals surface area contributed by atoms with Gasteiger partial charge in [0.05, 0.1) is 11.4 Å². The predicted octanol–water partition coefficient (Wildman–Crippen LogP) is -0.254. The van der Waals surface area contributed by atoms with Gasteiger partial charge >= 0.3 is 0 Å². The number of anilines is 1. The highest BCUT2D eigenvalue weighted by molar-refractivity contribution is 7.89. The van der Waals surface area contributed by atoms with Gasteiger partial charge in [0.15, 0.2) is 0 Å². The fourth-order valence-electron chi connectivity index (χ4n) is 0.987. The molecule has 84 valence electrons. The van der Waals surface area contributed by atoms with Crippen LogP contribution in [0.15, 0.2) is 12.4 Å². The lowest BCUT2D eigenvalue weighted by Gasteiger charge is -2.07. The average molecular weight is 230 g/mol. The van der Waals surface area contributed by atoms with E-state index in [1.165, 1.54) is 7.05 Å². The van der Waals surface area contributed by atoms with Crippen LogP contribution in [0.4, 0.5) is 5.82 Å². The van der Waals surface area contributed by atoms with E-state index in [0.717, 1.165) is 5.69 Å². The Hall–Kier alpha value is -1.21. The minimum atomic E-state index is -3.16. The second-order valence-electron chi connectivity index (χ2n) is 2.94. The predicted molar refractivity (Wildman–Crippen MR) is 58.1 cm³/mol. The lowest BCUT2D eigenvalue weighted by atomic mass is 10.4. The van der Waals surface area contributed by atoms with Crippen molar-refractivity contribution in [3.63, 3.8) is 0 Å². The Labute approximate surface area is 89.2 Å². The van der Waals surface area contributed by atoms with Gasteiger partial charge in [-0.05, 0) is 14.0 Å². The maximum Gasteiger partial charge on any atom is 0.213 e. The molecule has 0 bridgehead atoms. The molecule has 1 rings (SSSR count). The molecule has 6 nitrogen and oxygen atoms in total. The van der Waals surface area contributed by atoms with Crippen LogP contribution in [-0.4, -0.2) is 37.7 Å². The van der Waals surface area contributed by atoms with Crippen LogP contribution >= 0.6 is 0 Å². The first kappa shape index (κ1) is 11.9. The first-order chi connectivity index (χ1) is 7.05. The van der Waals surface area contributed by atoms with Gasteiger partial charge in [-0.1, -0.05) is 0 Å². The van der Waals surface area contributed by atoms with E-state index in [1.807, 2.05) is 6.92 Å². The molecular formula is C8H14N4O2S. The molecule has 0 aromatic carbocycles. The molecule has 0 aliphatic heterocycles. The number of nitrogens with zero attached hydrogens (tertiary/aromatic N) is 2. The van der Waals surface area contributed by atoms with Crippen molar-refractivity contribution >= 4 is 15.8 Å². The minimum Gasteiger partial charge on any atom is -0.367 e. The van der Waals surface area contributed by atoms with Crippen molar-refractivity contribution in [1.29, 1.82) is 0 Å². The molecule has 15 heavy (non-hydrogen) atoms. The van der Waals surface area contributed by atoms with Crippen molar-refractivity contribution in [2.75, 3.05) is 24.7 Å². The number of aromatic nitrogens is 2. The fourth-order valence-corrected chi connectivity index (χ4v) is 1.56. The van der Waals surface area contributed by atoms with Crippen LogP contribution in [0.2, 0.25) is 0 Å². The van der Waals surface area contributed by atoms with Gasteiger partial charge in [-0.2, -0.15) is 0 Å². The van der Waals surface area contributed by atoms with Gasteiger partial charge in [0.2, 0.25) is 10.0 Å². The van der Waals surface area contributed by atoms with E-state index < -0.39 is 10.0 Å². The summed E-state index contributed by atoms with van der Waals surface area (Å²) >= 11 is 0. The topological polar surface area (TPSA) is 84.0 Å². The number of nitrogens with one attached hydrogen (secondary N) is 2. The van der Waals surface area contributed by atoms with Crippen LogP contribution in [-0.2, 0) is 10.0 Å². The van der Waals surface area contributed by atoms with Crippen molar-refractivity contribution in [3.05, 3.63) is 18.1 Å². The number of rotatable bonds is 5. The van der Waals surface area contributed by atoms with Crippen LogP contribution in [0, 0.1) is 6.92 Å². The monoisotopic (exact) mass is 230 g/mol. The van der Waals surface area contributed by atoms with Gasteiger partial charge in [0.25, 0.3) is 0 Å². The summed E-state index contributed by atoms with van der Waals surface area (Å²) in [4.78, 5) is 8.06.